The zero-order chi connectivity index (χ0) is 14.1. The monoisotopic (exact) mass is 284 g/mol. The van der Waals surface area contributed by atoms with Crippen LogP contribution in [0.3, 0.4) is 0 Å². The fourth-order valence-electron chi connectivity index (χ4n) is 1.82. The van der Waals surface area contributed by atoms with E-state index in [0.29, 0.717) is 17.2 Å². The summed E-state index contributed by atoms with van der Waals surface area (Å²) in [6.45, 7) is 2.23. The summed E-state index contributed by atoms with van der Waals surface area (Å²) in [5.74, 6) is 0. The molecule has 1 aromatic carbocycles. The molecule has 0 radical (unpaired) electrons. The zero-order valence-electron chi connectivity index (χ0n) is 11.4. The fraction of sp³-hybridized carbons (Fsp3) is 0.600. The van der Waals surface area contributed by atoms with E-state index in [1.165, 1.54) is 0 Å². The predicted molar refractivity (Wildman–Crippen MR) is 80.3 cm³/mol. The summed E-state index contributed by atoms with van der Waals surface area (Å²) < 4.78 is 5.26. The maximum absolute atomic E-state index is 9.77. The molecular formula is C15H24O3S. The Hall–Kier alpha value is -0.550. The Morgan fingerprint density at radius 3 is 2.37 bits per heavy atom. The van der Waals surface area contributed by atoms with Gasteiger partial charge in [0.15, 0.2) is 6.29 Å². The number of benzene rings is 1. The summed E-state index contributed by atoms with van der Waals surface area (Å²) in [7, 11) is 0. The van der Waals surface area contributed by atoms with Gasteiger partial charge in [0.25, 0.3) is 0 Å². The van der Waals surface area contributed by atoms with Gasteiger partial charge in [0.1, 0.15) is 0 Å². The molecule has 0 aliphatic rings. The summed E-state index contributed by atoms with van der Waals surface area (Å²) in [5, 5.41) is 19.9. The minimum atomic E-state index is -0.965. The Kier molecular flexibility index (Phi) is 8.14. The smallest absolute Gasteiger partial charge is 0.181 e. The number of ether oxygens (including phenoxy) is 1. The van der Waals surface area contributed by atoms with Crippen LogP contribution in [0.1, 0.15) is 44.5 Å². The fourth-order valence-corrected chi connectivity index (χ4v) is 2.00. The van der Waals surface area contributed by atoms with Crippen molar-refractivity contribution in [1.29, 1.82) is 0 Å². The second kappa shape index (κ2) is 9.37. The molecule has 0 saturated heterocycles. The maximum Gasteiger partial charge on any atom is 0.181 e. The van der Waals surface area contributed by atoms with Gasteiger partial charge in [-0.2, -0.15) is 12.6 Å². The first-order valence-corrected chi connectivity index (χ1v) is 7.32. The number of rotatable bonds is 9. The third-order valence-corrected chi connectivity index (χ3v) is 3.20. The van der Waals surface area contributed by atoms with Crippen molar-refractivity contribution in [1.82, 2.24) is 0 Å². The highest BCUT2D eigenvalue weighted by Crippen LogP contribution is 2.15. The van der Waals surface area contributed by atoms with Gasteiger partial charge < -0.3 is 14.9 Å². The van der Waals surface area contributed by atoms with Crippen molar-refractivity contribution in [2.45, 2.75) is 50.3 Å². The van der Waals surface area contributed by atoms with Gasteiger partial charge >= 0.3 is 0 Å². The summed E-state index contributed by atoms with van der Waals surface area (Å²) in [6, 6.07) is 9.16. The van der Waals surface area contributed by atoms with E-state index in [9.17, 15) is 10.2 Å². The topological polar surface area (TPSA) is 49.7 Å². The number of aliphatic hydroxyl groups excluding tert-OH is 2. The number of aliphatic hydroxyl groups is 2. The largest absolute Gasteiger partial charge is 0.391 e. The molecule has 0 aliphatic heterocycles. The van der Waals surface area contributed by atoms with Crippen LogP contribution < -0.4 is 0 Å². The molecule has 4 heteroatoms. The van der Waals surface area contributed by atoms with Crippen molar-refractivity contribution in [2.24, 2.45) is 0 Å². The highest BCUT2D eigenvalue weighted by molar-refractivity contribution is 7.80. The van der Waals surface area contributed by atoms with Gasteiger partial charge in [-0.05, 0) is 18.1 Å². The second-order valence-electron chi connectivity index (χ2n) is 4.88. The van der Waals surface area contributed by atoms with Crippen molar-refractivity contribution in [3.8, 4) is 0 Å². The van der Waals surface area contributed by atoms with Crippen LogP contribution in [-0.2, 0) is 4.74 Å². The minimum absolute atomic E-state index is 0.159. The van der Waals surface area contributed by atoms with E-state index < -0.39 is 12.4 Å². The molecule has 1 aromatic rings. The summed E-state index contributed by atoms with van der Waals surface area (Å²) in [6.07, 6.45) is 2.28. The molecule has 3 atom stereocenters. The summed E-state index contributed by atoms with van der Waals surface area (Å²) in [4.78, 5) is 0. The Balaban J connectivity index is 2.14. The molecule has 3 unspecified atom stereocenters. The quantitative estimate of drug-likeness (QED) is 0.371. The zero-order valence-corrected chi connectivity index (χ0v) is 12.3. The number of hydrogen-bond acceptors (Lipinski definition) is 4. The van der Waals surface area contributed by atoms with Gasteiger partial charge in [-0.1, -0.05) is 50.1 Å². The molecule has 2 N–H and O–H groups in total. The average molecular weight is 284 g/mol. The van der Waals surface area contributed by atoms with Crippen LogP contribution in [0.2, 0.25) is 0 Å². The average Bonchev–Trinajstić information content (AvgIpc) is 2.41. The van der Waals surface area contributed by atoms with E-state index >= 15 is 0 Å². The summed E-state index contributed by atoms with van der Waals surface area (Å²) >= 11 is 4.31. The van der Waals surface area contributed by atoms with E-state index in [0.717, 1.165) is 19.3 Å². The van der Waals surface area contributed by atoms with Crippen LogP contribution in [0.25, 0.3) is 0 Å². The highest BCUT2D eigenvalue weighted by atomic mass is 32.1. The lowest BCUT2D eigenvalue weighted by Gasteiger charge is -2.16. The Bertz CT molecular complexity index is 329. The number of thiol groups is 1. The number of unbranched alkanes of at least 4 members (excludes halogenated alkanes) is 1. The van der Waals surface area contributed by atoms with E-state index in [2.05, 4.69) is 19.6 Å². The van der Waals surface area contributed by atoms with E-state index in [1.54, 1.807) is 12.1 Å². The molecule has 0 bridgehead atoms. The molecule has 19 heavy (non-hydrogen) atoms. The molecule has 0 amide bonds. The molecule has 1 rings (SSSR count). The van der Waals surface area contributed by atoms with Crippen LogP contribution in [0, 0.1) is 0 Å². The van der Waals surface area contributed by atoms with Crippen molar-refractivity contribution in [3.63, 3.8) is 0 Å². The molecule has 108 valence electrons. The molecule has 0 saturated carbocycles. The van der Waals surface area contributed by atoms with Gasteiger partial charge in [0, 0.05) is 5.56 Å². The van der Waals surface area contributed by atoms with Crippen molar-refractivity contribution in [2.75, 3.05) is 6.61 Å². The first-order chi connectivity index (χ1) is 9.09. The van der Waals surface area contributed by atoms with Crippen LogP contribution in [0.15, 0.2) is 30.3 Å². The Morgan fingerprint density at radius 2 is 1.74 bits per heavy atom. The number of hydrogen-bond donors (Lipinski definition) is 3. The van der Waals surface area contributed by atoms with Gasteiger partial charge in [0.2, 0.25) is 0 Å². The van der Waals surface area contributed by atoms with E-state index in [-0.39, 0.29) is 6.61 Å². The molecule has 0 spiro atoms. The van der Waals surface area contributed by atoms with Crippen LogP contribution >= 0.6 is 12.6 Å². The van der Waals surface area contributed by atoms with Crippen molar-refractivity contribution >= 4 is 12.6 Å². The lowest BCUT2D eigenvalue weighted by Crippen LogP contribution is -2.17. The molecule has 3 nitrogen and oxygen atoms in total. The van der Waals surface area contributed by atoms with Crippen molar-refractivity contribution in [3.05, 3.63) is 35.9 Å². The minimum Gasteiger partial charge on any atom is -0.391 e. The van der Waals surface area contributed by atoms with E-state index in [4.69, 9.17) is 4.74 Å². The maximum atomic E-state index is 9.77. The first kappa shape index (κ1) is 16.5. The Labute approximate surface area is 121 Å². The lowest BCUT2D eigenvalue weighted by atomic mass is 10.1. The predicted octanol–water partition coefficient (Wildman–Crippen LogP) is 2.93. The molecule has 0 fully saturated rings. The molecule has 0 aromatic heterocycles. The third-order valence-electron chi connectivity index (χ3n) is 2.94. The van der Waals surface area contributed by atoms with Crippen LogP contribution in [-0.4, -0.2) is 28.2 Å². The van der Waals surface area contributed by atoms with Gasteiger partial charge in [0.05, 0.1) is 12.7 Å². The standard InChI is InChI=1S/C15H24O3S/c1-12(19)7-5-6-10-14(16)11-18-15(17)13-8-3-2-4-9-13/h2-4,8-9,12,14-17,19H,5-7,10-11H2,1H3. The normalized spacial score (nSPS) is 16.0. The third kappa shape index (κ3) is 7.57. The van der Waals surface area contributed by atoms with E-state index in [1.807, 2.05) is 18.2 Å². The van der Waals surface area contributed by atoms with Gasteiger partial charge in [-0.15, -0.1) is 0 Å². The molecular weight excluding hydrogens is 260 g/mol. The van der Waals surface area contributed by atoms with Crippen LogP contribution in [0.4, 0.5) is 0 Å². The summed E-state index contributed by atoms with van der Waals surface area (Å²) in [5.41, 5.74) is 0.707. The van der Waals surface area contributed by atoms with Gasteiger partial charge in [-0.25, -0.2) is 0 Å². The molecule has 0 aliphatic carbocycles. The molecule has 0 heterocycles. The Morgan fingerprint density at radius 1 is 1.11 bits per heavy atom. The van der Waals surface area contributed by atoms with Crippen LogP contribution in [0.5, 0.6) is 0 Å². The lowest BCUT2D eigenvalue weighted by molar-refractivity contribution is -0.125. The van der Waals surface area contributed by atoms with Crippen molar-refractivity contribution < 1.29 is 14.9 Å². The first-order valence-electron chi connectivity index (χ1n) is 6.80. The highest BCUT2D eigenvalue weighted by Gasteiger charge is 2.10. The SMILES string of the molecule is CC(S)CCCCC(O)COC(O)c1ccccc1. The van der Waals surface area contributed by atoms with Gasteiger partial charge in [-0.3, -0.25) is 0 Å². The second-order valence-corrected chi connectivity index (χ2v) is 5.77.